The molecule has 0 bridgehead atoms. The first-order chi connectivity index (χ1) is 10.5. The van der Waals surface area contributed by atoms with Gasteiger partial charge in [0.2, 0.25) is 0 Å². The number of likely N-dealkylation sites (tertiary alicyclic amines) is 1. The molecule has 0 saturated carbocycles. The number of rotatable bonds is 3. The van der Waals surface area contributed by atoms with Crippen molar-refractivity contribution in [1.82, 2.24) is 9.80 Å². The normalized spacial score (nSPS) is 24.7. The zero-order valence-electron chi connectivity index (χ0n) is 12.1. The molecule has 0 aliphatic carbocycles. The molecule has 3 rings (SSSR count). The first kappa shape index (κ1) is 14.7. The zero-order valence-corrected chi connectivity index (χ0v) is 12.1. The molecule has 116 valence electrons. The van der Waals surface area contributed by atoms with E-state index in [9.17, 15) is 19.5 Å². The molecular formula is C15H16N2O5. The highest BCUT2D eigenvalue weighted by Crippen LogP contribution is 2.25. The first-order valence-corrected chi connectivity index (χ1v) is 6.98. The Hall–Kier alpha value is -2.25. The lowest BCUT2D eigenvalue weighted by Gasteiger charge is -2.26. The second-order valence-corrected chi connectivity index (χ2v) is 5.43. The van der Waals surface area contributed by atoms with Gasteiger partial charge in [0.05, 0.1) is 31.0 Å². The third-order valence-corrected chi connectivity index (χ3v) is 4.06. The second kappa shape index (κ2) is 5.51. The van der Waals surface area contributed by atoms with E-state index in [0.29, 0.717) is 11.1 Å². The Morgan fingerprint density at radius 2 is 1.86 bits per heavy atom. The molecule has 22 heavy (non-hydrogen) atoms. The molecule has 2 amide bonds. The van der Waals surface area contributed by atoms with Crippen molar-refractivity contribution in [3.63, 3.8) is 0 Å². The summed E-state index contributed by atoms with van der Waals surface area (Å²) in [6.45, 7) is 0.177. The van der Waals surface area contributed by atoms with Crippen molar-refractivity contribution >= 4 is 17.8 Å². The van der Waals surface area contributed by atoms with E-state index in [2.05, 4.69) is 0 Å². The SMILES string of the molecule is COC(=O)[C@@H]1C[C@@H](O)CN1CN1C(=O)c2ccccc2C1=O. The van der Waals surface area contributed by atoms with Crippen LogP contribution >= 0.6 is 0 Å². The van der Waals surface area contributed by atoms with Crippen molar-refractivity contribution in [2.24, 2.45) is 0 Å². The van der Waals surface area contributed by atoms with Gasteiger partial charge >= 0.3 is 5.97 Å². The summed E-state index contributed by atoms with van der Waals surface area (Å²) in [5.41, 5.74) is 0.726. The maximum Gasteiger partial charge on any atom is 0.323 e. The highest BCUT2D eigenvalue weighted by molar-refractivity contribution is 6.21. The fraction of sp³-hybridized carbons (Fsp3) is 0.400. The summed E-state index contributed by atoms with van der Waals surface area (Å²) in [6.07, 6.45) is -0.449. The van der Waals surface area contributed by atoms with Crippen molar-refractivity contribution in [2.45, 2.75) is 18.6 Å². The lowest BCUT2D eigenvalue weighted by molar-refractivity contribution is -0.146. The van der Waals surface area contributed by atoms with Crippen molar-refractivity contribution in [1.29, 1.82) is 0 Å². The maximum atomic E-state index is 12.3. The Kier molecular flexibility index (Phi) is 3.67. The summed E-state index contributed by atoms with van der Waals surface area (Å²) in [5, 5.41) is 9.76. The van der Waals surface area contributed by atoms with Crippen LogP contribution in [0.15, 0.2) is 24.3 Å². The van der Waals surface area contributed by atoms with Crippen LogP contribution in [-0.2, 0) is 9.53 Å². The van der Waals surface area contributed by atoms with Crippen molar-refractivity contribution < 1.29 is 24.2 Å². The average Bonchev–Trinajstić information content (AvgIpc) is 3.01. The van der Waals surface area contributed by atoms with Gasteiger partial charge in [-0.25, -0.2) is 0 Å². The van der Waals surface area contributed by atoms with E-state index in [1.807, 2.05) is 0 Å². The number of imide groups is 1. The van der Waals surface area contributed by atoms with Crippen molar-refractivity contribution in [3.05, 3.63) is 35.4 Å². The lowest BCUT2D eigenvalue weighted by Crippen LogP contribution is -2.46. The number of benzene rings is 1. The third-order valence-electron chi connectivity index (χ3n) is 4.06. The number of aliphatic hydroxyl groups excluding tert-OH is 1. The highest BCUT2D eigenvalue weighted by Gasteiger charge is 2.42. The van der Waals surface area contributed by atoms with E-state index in [4.69, 9.17) is 4.74 Å². The number of aliphatic hydroxyl groups is 1. The predicted molar refractivity (Wildman–Crippen MR) is 74.9 cm³/mol. The van der Waals surface area contributed by atoms with Gasteiger partial charge in [0.15, 0.2) is 0 Å². The molecule has 2 aliphatic rings. The molecule has 0 spiro atoms. The maximum absolute atomic E-state index is 12.3. The molecule has 0 unspecified atom stereocenters. The molecule has 0 aromatic heterocycles. The second-order valence-electron chi connectivity index (χ2n) is 5.43. The average molecular weight is 304 g/mol. The molecule has 1 fully saturated rings. The number of fused-ring (bicyclic) bond motifs is 1. The van der Waals surface area contributed by atoms with Crippen LogP contribution in [0.2, 0.25) is 0 Å². The van der Waals surface area contributed by atoms with E-state index in [0.717, 1.165) is 4.90 Å². The van der Waals surface area contributed by atoms with Gasteiger partial charge in [-0.15, -0.1) is 0 Å². The van der Waals surface area contributed by atoms with Gasteiger partial charge in [0.25, 0.3) is 11.8 Å². The van der Waals surface area contributed by atoms with Gasteiger partial charge in [-0.1, -0.05) is 12.1 Å². The monoisotopic (exact) mass is 304 g/mol. The minimum atomic E-state index is -0.681. The quantitative estimate of drug-likeness (QED) is 0.617. The van der Waals surface area contributed by atoms with Crippen LogP contribution in [0.4, 0.5) is 0 Å². The number of hydrogen-bond donors (Lipinski definition) is 1. The number of esters is 1. The molecular weight excluding hydrogens is 288 g/mol. The van der Waals surface area contributed by atoms with Crippen LogP contribution in [0.5, 0.6) is 0 Å². The molecule has 2 atom stereocenters. The Labute approximate surface area is 127 Å². The number of nitrogens with zero attached hydrogens (tertiary/aromatic N) is 2. The van der Waals surface area contributed by atoms with Gasteiger partial charge < -0.3 is 9.84 Å². The van der Waals surface area contributed by atoms with E-state index < -0.39 is 18.1 Å². The van der Waals surface area contributed by atoms with Crippen molar-refractivity contribution in [3.8, 4) is 0 Å². The smallest absolute Gasteiger partial charge is 0.323 e. The van der Waals surface area contributed by atoms with Crippen LogP contribution in [-0.4, -0.2) is 65.2 Å². The molecule has 1 aromatic carbocycles. The summed E-state index contributed by atoms with van der Waals surface area (Å²) >= 11 is 0. The molecule has 0 radical (unpaired) electrons. The van der Waals surface area contributed by atoms with Crippen molar-refractivity contribution in [2.75, 3.05) is 20.3 Å². The predicted octanol–water partition coefficient (Wildman–Crippen LogP) is -0.152. The number of ether oxygens (including phenoxy) is 1. The molecule has 1 N–H and O–H groups in total. The summed E-state index contributed by atoms with van der Waals surface area (Å²) in [7, 11) is 1.27. The van der Waals surface area contributed by atoms with Gasteiger partial charge in [-0.3, -0.25) is 24.2 Å². The summed E-state index contributed by atoms with van der Waals surface area (Å²) < 4.78 is 4.71. The zero-order chi connectivity index (χ0) is 15.9. The topological polar surface area (TPSA) is 87.2 Å². The molecule has 1 saturated heterocycles. The Morgan fingerprint density at radius 1 is 1.27 bits per heavy atom. The summed E-state index contributed by atoms with van der Waals surface area (Å²) in [4.78, 5) is 39.1. The molecule has 2 heterocycles. The van der Waals surface area contributed by atoms with Crippen LogP contribution in [0, 0.1) is 0 Å². The highest BCUT2D eigenvalue weighted by atomic mass is 16.5. The fourth-order valence-corrected chi connectivity index (χ4v) is 2.97. The number of β-amino-alcohol motifs (C(OH)–C–C–N with tert-alkyl or cyclic N) is 1. The first-order valence-electron chi connectivity index (χ1n) is 6.98. The number of carbonyl (C=O) groups excluding carboxylic acids is 3. The molecule has 2 aliphatic heterocycles. The van der Waals surface area contributed by atoms with Crippen LogP contribution in [0.3, 0.4) is 0 Å². The van der Waals surface area contributed by atoms with E-state index >= 15 is 0 Å². The van der Waals surface area contributed by atoms with Gasteiger partial charge in [0.1, 0.15) is 6.04 Å². The minimum Gasteiger partial charge on any atom is -0.468 e. The standard InChI is InChI=1S/C15H16N2O5/c1-22-15(21)12-6-9(18)7-16(12)8-17-13(19)10-4-2-3-5-11(10)14(17)20/h2-5,9,12,18H,6-8H2,1H3/t9-,12+/m1/s1. The van der Waals surface area contributed by atoms with E-state index in [-0.39, 0.29) is 31.4 Å². The number of amides is 2. The van der Waals surface area contributed by atoms with E-state index in [1.54, 1.807) is 29.2 Å². The Morgan fingerprint density at radius 3 is 2.41 bits per heavy atom. The molecule has 7 nitrogen and oxygen atoms in total. The lowest BCUT2D eigenvalue weighted by atomic mass is 10.1. The fourth-order valence-electron chi connectivity index (χ4n) is 2.97. The Bertz CT molecular complexity index is 610. The van der Waals surface area contributed by atoms with E-state index in [1.165, 1.54) is 7.11 Å². The van der Waals surface area contributed by atoms with Gasteiger partial charge in [0, 0.05) is 13.0 Å². The van der Waals surface area contributed by atoms with Gasteiger partial charge in [-0.2, -0.15) is 0 Å². The number of carbonyl (C=O) groups is 3. The number of hydrogen-bond acceptors (Lipinski definition) is 6. The largest absolute Gasteiger partial charge is 0.468 e. The van der Waals surface area contributed by atoms with Crippen LogP contribution in [0.25, 0.3) is 0 Å². The molecule has 7 heteroatoms. The van der Waals surface area contributed by atoms with Crippen LogP contribution in [0.1, 0.15) is 27.1 Å². The summed E-state index contributed by atoms with van der Waals surface area (Å²) in [6, 6.07) is 5.96. The third kappa shape index (κ3) is 2.28. The summed E-state index contributed by atoms with van der Waals surface area (Å²) in [5.74, 6) is -1.25. The van der Waals surface area contributed by atoms with Gasteiger partial charge in [-0.05, 0) is 12.1 Å². The number of methoxy groups -OCH3 is 1. The minimum absolute atomic E-state index is 0.0385. The Balaban J connectivity index is 1.81. The molecule has 1 aromatic rings. The van der Waals surface area contributed by atoms with Crippen LogP contribution < -0.4 is 0 Å².